The van der Waals surface area contributed by atoms with Crippen molar-refractivity contribution in [3.8, 4) is 5.75 Å². The van der Waals surface area contributed by atoms with Gasteiger partial charge >= 0.3 is 11.8 Å². The van der Waals surface area contributed by atoms with E-state index in [-0.39, 0.29) is 29.2 Å². The number of nitrogens with one attached hydrogen (secondary N) is 1. The Morgan fingerprint density at radius 3 is 2.61 bits per heavy atom. The standard InChI is InChI=1S/C25H20BrN5O7/c1-15(17-5-7-19(8-6-17)37-14-20-9-10-22(38-20)25(33)34)27-28-24(32)18-4-2-3-16(11-18)12-30-13-21(26)23(29-30)31(35)36/h2-11,13H,12,14H2,1H3,(H,28,32)(H,33,34)/b27-15+. The minimum absolute atomic E-state index is 0.0728. The predicted octanol–water partition coefficient (Wildman–Crippen LogP) is 4.63. The first-order valence-corrected chi connectivity index (χ1v) is 11.8. The number of aromatic nitrogens is 2. The molecule has 4 aromatic rings. The number of furan rings is 1. The third-order valence-electron chi connectivity index (χ3n) is 5.26. The number of benzene rings is 2. The van der Waals surface area contributed by atoms with Gasteiger partial charge in [0.2, 0.25) is 5.76 Å². The molecule has 0 fully saturated rings. The van der Waals surface area contributed by atoms with Gasteiger partial charge in [-0.2, -0.15) is 9.78 Å². The van der Waals surface area contributed by atoms with Crippen LogP contribution in [0.25, 0.3) is 0 Å². The summed E-state index contributed by atoms with van der Waals surface area (Å²) in [6.45, 7) is 2.06. The lowest BCUT2D eigenvalue weighted by molar-refractivity contribution is -0.390. The quantitative estimate of drug-likeness (QED) is 0.155. The van der Waals surface area contributed by atoms with Crippen molar-refractivity contribution in [3.63, 3.8) is 0 Å². The summed E-state index contributed by atoms with van der Waals surface area (Å²) in [4.78, 5) is 33.9. The van der Waals surface area contributed by atoms with Crippen molar-refractivity contribution >= 4 is 39.3 Å². The van der Waals surface area contributed by atoms with E-state index in [0.717, 1.165) is 11.1 Å². The first kappa shape index (κ1) is 26.3. The second-order valence-electron chi connectivity index (χ2n) is 7.98. The fourth-order valence-corrected chi connectivity index (χ4v) is 3.83. The molecular weight excluding hydrogens is 562 g/mol. The number of rotatable bonds is 10. The smallest absolute Gasteiger partial charge is 0.404 e. The molecule has 0 aliphatic rings. The molecule has 1 amide bonds. The Kier molecular flexibility index (Phi) is 7.97. The zero-order valence-electron chi connectivity index (χ0n) is 19.8. The molecule has 2 aromatic heterocycles. The van der Waals surface area contributed by atoms with Crippen molar-refractivity contribution < 1.29 is 28.8 Å². The average molecular weight is 582 g/mol. The summed E-state index contributed by atoms with van der Waals surface area (Å²) in [5.41, 5.74) is 4.94. The third-order valence-corrected chi connectivity index (χ3v) is 5.82. The van der Waals surface area contributed by atoms with Crippen LogP contribution in [0.2, 0.25) is 0 Å². The highest BCUT2D eigenvalue weighted by atomic mass is 79.9. The number of nitrogens with zero attached hydrogens (tertiary/aromatic N) is 4. The number of hydrogen-bond acceptors (Lipinski definition) is 8. The topological polar surface area (TPSA) is 162 Å². The van der Waals surface area contributed by atoms with Crippen LogP contribution in [0.1, 0.15) is 44.7 Å². The van der Waals surface area contributed by atoms with Crippen molar-refractivity contribution in [2.45, 2.75) is 20.1 Å². The van der Waals surface area contributed by atoms with Crippen LogP contribution in [0.15, 0.2) is 80.9 Å². The average Bonchev–Trinajstić information content (AvgIpc) is 3.53. The van der Waals surface area contributed by atoms with Crippen LogP contribution >= 0.6 is 15.9 Å². The number of ether oxygens (including phenoxy) is 1. The lowest BCUT2D eigenvalue weighted by atomic mass is 10.1. The van der Waals surface area contributed by atoms with Crippen molar-refractivity contribution in [1.82, 2.24) is 15.2 Å². The zero-order valence-corrected chi connectivity index (χ0v) is 21.4. The van der Waals surface area contributed by atoms with E-state index >= 15 is 0 Å². The van der Waals surface area contributed by atoms with Crippen molar-refractivity contribution in [2.24, 2.45) is 5.10 Å². The number of carbonyl (C=O) groups is 2. The van der Waals surface area contributed by atoms with Gasteiger partial charge in [-0.3, -0.25) is 4.79 Å². The molecule has 194 valence electrons. The number of carbonyl (C=O) groups excluding carboxylic acids is 1. The number of nitro groups is 1. The minimum atomic E-state index is -1.15. The van der Waals surface area contributed by atoms with Gasteiger partial charge in [-0.15, -0.1) is 0 Å². The maximum absolute atomic E-state index is 12.6. The van der Waals surface area contributed by atoms with Gasteiger partial charge in [0, 0.05) is 5.56 Å². The second kappa shape index (κ2) is 11.5. The van der Waals surface area contributed by atoms with Crippen LogP contribution < -0.4 is 10.2 Å². The number of aromatic carboxylic acids is 1. The van der Waals surface area contributed by atoms with Crippen molar-refractivity contribution in [2.75, 3.05) is 0 Å². The largest absolute Gasteiger partial charge is 0.486 e. The maximum Gasteiger partial charge on any atom is 0.404 e. The molecule has 0 saturated heterocycles. The summed E-state index contributed by atoms with van der Waals surface area (Å²) in [6.07, 6.45) is 1.50. The highest BCUT2D eigenvalue weighted by Crippen LogP contribution is 2.22. The molecule has 0 radical (unpaired) electrons. The summed E-state index contributed by atoms with van der Waals surface area (Å²) in [5, 5.41) is 28.0. The molecule has 13 heteroatoms. The van der Waals surface area contributed by atoms with E-state index in [0.29, 0.717) is 22.8 Å². The second-order valence-corrected chi connectivity index (χ2v) is 8.83. The van der Waals surface area contributed by atoms with Crippen LogP contribution in [0.3, 0.4) is 0 Å². The molecule has 0 atom stereocenters. The van der Waals surface area contributed by atoms with Crippen molar-refractivity contribution in [1.29, 1.82) is 0 Å². The fraction of sp³-hybridized carbons (Fsp3) is 0.120. The van der Waals surface area contributed by atoms with E-state index in [4.69, 9.17) is 14.3 Å². The molecule has 0 aliphatic heterocycles. The van der Waals surface area contributed by atoms with Gasteiger partial charge in [0.1, 0.15) is 22.6 Å². The Balaban J connectivity index is 1.34. The summed E-state index contributed by atoms with van der Waals surface area (Å²) < 4.78 is 12.5. The number of hydrogen-bond donors (Lipinski definition) is 2. The van der Waals surface area contributed by atoms with Gasteiger partial charge in [-0.25, -0.2) is 10.2 Å². The predicted molar refractivity (Wildman–Crippen MR) is 138 cm³/mol. The summed E-state index contributed by atoms with van der Waals surface area (Å²) in [6, 6.07) is 16.7. The molecule has 4 rings (SSSR count). The van der Waals surface area contributed by atoms with E-state index < -0.39 is 16.8 Å². The van der Waals surface area contributed by atoms with Gasteiger partial charge in [-0.1, -0.05) is 12.1 Å². The normalized spacial score (nSPS) is 11.3. The highest BCUT2D eigenvalue weighted by molar-refractivity contribution is 9.10. The molecule has 12 nitrogen and oxygen atoms in total. The summed E-state index contributed by atoms with van der Waals surface area (Å²) >= 11 is 3.12. The number of carboxylic acids is 1. The maximum atomic E-state index is 12.6. The van der Waals surface area contributed by atoms with Crippen LogP contribution in [0.4, 0.5) is 5.82 Å². The molecule has 0 unspecified atom stereocenters. The van der Waals surface area contributed by atoms with Gasteiger partial charge in [0.25, 0.3) is 5.91 Å². The van der Waals surface area contributed by atoms with Crippen LogP contribution in [-0.4, -0.2) is 37.4 Å². The van der Waals surface area contributed by atoms with E-state index in [1.165, 1.54) is 23.0 Å². The van der Waals surface area contributed by atoms with Gasteiger partial charge < -0.3 is 24.4 Å². The third kappa shape index (κ3) is 6.50. The van der Waals surface area contributed by atoms with E-state index in [1.54, 1.807) is 55.5 Å². The fourth-order valence-electron chi connectivity index (χ4n) is 3.37. The van der Waals surface area contributed by atoms with Crippen molar-refractivity contribution in [3.05, 3.63) is 110 Å². The molecule has 2 N–H and O–H groups in total. The van der Waals surface area contributed by atoms with Gasteiger partial charge in [-0.05, 0) is 87.4 Å². The van der Waals surface area contributed by atoms with E-state index in [1.807, 2.05) is 0 Å². The molecule has 0 bridgehead atoms. The Morgan fingerprint density at radius 1 is 1.18 bits per heavy atom. The molecule has 0 aliphatic carbocycles. The molecular formula is C25H20BrN5O7. The zero-order chi connectivity index (χ0) is 27.2. The number of hydrazone groups is 1. The summed E-state index contributed by atoms with van der Waals surface area (Å²) in [7, 11) is 0. The first-order valence-electron chi connectivity index (χ1n) is 11.1. The number of carboxylic acid groups (broad SMARTS) is 1. The lowest BCUT2D eigenvalue weighted by Gasteiger charge is -2.07. The Morgan fingerprint density at radius 2 is 1.95 bits per heavy atom. The Hall–Kier alpha value is -4.78. The van der Waals surface area contributed by atoms with E-state index in [9.17, 15) is 19.7 Å². The SMILES string of the molecule is C/C(=N\NC(=O)c1cccc(Cn2cc(Br)c([N+](=O)[O-])n2)c1)c1ccc(OCc2ccc(C(=O)O)o2)cc1. The lowest BCUT2D eigenvalue weighted by Crippen LogP contribution is -2.19. The Labute approximate surface area is 223 Å². The van der Waals surface area contributed by atoms with Crippen LogP contribution in [0, 0.1) is 10.1 Å². The monoisotopic (exact) mass is 581 g/mol. The summed E-state index contributed by atoms with van der Waals surface area (Å²) in [5.74, 6) is -1.07. The minimum Gasteiger partial charge on any atom is -0.486 e. The molecule has 38 heavy (non-hydrogen) atoms. The highest BCUT2D eigenvalue weighted by Gasteiger charge is 2.19. The Bertz CT molecular complexity index is 1530. The first-order chi connectivity index (χ1) is 18.2. The molecule has 0 spiro atoms. The molecule has 2 aromatic carbocycles. The van der Waals surface area contributed by atoms with E-state index in [2.05, 4.69) is 31.6 Å². The molecule has 0 saturated carbocycles. The molecule has 2 heterocycles. The number of amides is 1. The van der Waals surface area contributed by atoms with Crippen LogP contribution in [0.5, 0.6) is 5.75 Å². The number of halogens is 1. The van der Waals surface area contributed by atoms with Gasteiger partial charge in [0.15, 0.2) is 0 Å². The van der Waals surface area contributed by atoms with Gasteiger partial charge in [0.05, 0.1) is 23.6 Å². The van der Waals surface area contributed by atoms with Crippen LogP contribution in [-0.2, 0) is 13.2 Å².